The van der Waals surface area contributed by atoms with E-state index in [0.717, 1.165) is 42.5 Å². The molecule has 0 saturated heterocycles. The fraction of sp³-hybridized carbons (Fsp3) is 0.111. The molecule has 4 aromatic rings. The van der Waals surface area contributed by atoms with Gasteiger partial charge in [0.05, 0.1) is 11.1 Å². The quantitative estimate of drug-likeness (QED) is 0.136. The molecule has 0 fully saturated rings. The van der Waals surface area contributed by atoms with Crippen molar-refractivity contribution in [2.24, 2.45) is 5.10 Å². The zero-order valence-corrected chi connectivity index (χ0v) is 22.8. The molecule has 4 rings (SSSR count). The zero-order chi connectivity index (χ0) is 26.5. The number of anilines is 1. The van der Waals surface area contributed by atoms with Crippen molar-refractivity contribution in [3.05, 3.63) is 110 Å². The number of urea groups is 1. The number of nitro groups is 1. The van der Waals surface area contributed by atoms with Crippen molar-refractivity contribution < 1.29 is 9.72 Å². The van der Waals surface area contributed by atoms with Crippen LogP contribution in [0.4, 0.5) is 16.2 Å². The minimum absolute atomic E-state index is 0.0769. The number of hydrogen-bond donors (Lipinski definition) is 2. The summed E-state index contributed by atoms with van der Waals surface area (Å²) < 4.78 is 3.09. The number of nitrogens with zero attached hydrogens (tertiary/aromatic N) is 3. The molecule has 10 heteroatoms. The predicted octanol–water partition coefficient (Wildman–Crippen LogP) is 7.38. The molecule has 2 amide bonds. The van der Waals surface area contributed by atoms with Gasteiger partial charge in [0.2, 0.25) is 0 Å². The molecule has 0 unspecified atom stereocenters. The number of carbonyl (C=O) groups is 1. The number of carbonyl (C=O) groups excluding carboxylic acids is 1. The SMILES string of the molecule is Cc1cc(NC(=O)N/N=C/c2cc(C)n(-c3ccc(Sc4ccc([N+](=O)[O-])cc4)cc3)c2C)ccc1Br. The van der Waals surface area contributed by atoms with Gasteiger partial charge in [-0.2, -0.15) is 5.10 Å². The van der Waals surface area contributed by atoms with Gasteiger partial charge in [-0.05, 0) is 87.0 Å². The molecular formula is C27H24BrN5O3S. The summed E-state index contributed by atoms with van der Waals surface area (Å²) in [5, 5.41) is 17.7. The van der Waals surface area contributed by atoms with Crippen molar-refractivity contribution in [2.45, 2.75) is 30.6 Å². The van der Waals surface area contributed by atoms with Gasteiger partial charge in [-0.15, -0.1) is 0 Å². The molecule has 0 bridgehead atoms. The average Bonchev–Trinajstić information content (AvgIpc) is 3.15. The molecular weight excluding hydrogens is 554 g/mol. The first-order chi connectivity index (χ1) is 17.7. The van der Waals surface area contributed by atoms with Crippen LogP contribution in [0.5, 0.6) is 0 Å². The van der Waals surface area contributed by atoms with Crippen molar-refractivity contribution in [3.8, 4) is 5.69 Å². The summed E-state index contributed by atoms with van der Waals surface area (Å²) >= 11 is 4.98. The van der Waals surface area contributed by atoms with Crippen LogP contribution in [0.3, 0.4) is 0 Å². The Morgan fingerprint density at radius 2 is 1.65 bits per heavy atom. The lowest BCUT2D eigenvalue weighted by atomic mass is 10.2. The lowest BCUT2D eigenvalue weighted by Crippen LogP contribution is -2.24. The molecule has 0 saturated carbocycles. The summed E-state index contributed by atoms with van der Waals surface area (Å²) in [7, 11) is 0. The zero-order valence-electron chi connectivity index (χ0n) is 20.4. The highest BCUT2D eigenvalue weighted by molar-refractivity contribution is 9.10. The van der Waals surface area contributed by atoms with Crippen molar-refractivity contribution in [3.63, 3.8) is 0 Å². The minimum atomic E-state index is -0.423. The normalized spacial score (nSPS) is 11.0. The Kier molecular flexibility index (Phi) is 8.10. The molecule has 188 valence electrons. The van der Waals surface area contributed by atoms with Gasteiger partial charge in [0.15, 0.2) is 0 Å². The Morgan fingerprint density at radius 3 is 2.27 bits per heavy atom. The minimum Gasteiger partial charge on any atom is -0.318 e. The standard InChI is InChI=1S/C27H24BrN5O3S/c1-17-14-21(4-13-26(17)28)30-27(34)31-29-16-20-15-18(2)32(19(20)3)22-5-9-24(10-6-22)37-25-11-7-23(8-12-25)33(35)36/h4-16H,1-3H3,(H2,30,31,34)/b29-16+. The highest BCUT2D eigenvalue weighted by atomic mass is 79.9. The first kappa shape index (κ1) is 26.2. The third-order valence-electron chi connectivity index (χ3n) is 5.63. The number of amides is 2. The van der Waals surface area contributed by atoms with E-state index < -0.39 is 11.0 Å². The molecule has 3 aromatic carbocycles. The summed E-state index contributed by atoms with van der Waals surface area (Å²) in [5.74, 6) is 0. The Labute approximate surface area is 227 Å². The first-order valence-corrected chi connectivity index (χ1v) is 12.9. The van der Waals surface area contributed by atoms with E-state index in [1.165, 1.54) is 23.9 Å². The number of nitro benzene ring substituents is 1. The first-order valence-electron chi connectivity index (χ1n) is 11.3. The van der Waals surface area contributed by atoms with Gasteiger partial charge < -0.3 is 9.88 Å². The van der Waals surface area contributed by atoms with Crippen LogP contribution in [0.15, 0.2) is 92.2 Å². The van der Waals surface area contributed by atoms with Gasteiger partial charge in [0.25, 0.3) is 5.69 Å². The van der Waals surface area contributed by atoms with Crippen LogP contribution in [0, 0.1) is 30.9 Å². The van der Waals surface area contributed by atoms with Gasteiger partial charge in [-0.1, -0.05) is 27.7 Å². The molecule has 8 nitrogen and oxygen atoms in total. The third-order valence-corrected chi connectivity index (χ3v) is 7.54. The van der Waals surface area contributed by atoms with Crippen molar-refractivity contribution in [1.82, 2.24) is 9.99 Å². The van der Waals surface area contributed by atoms with E-state index in [4.69, 9.17) is 0 Å². The lowest BCUT2D eigenvalue weighted by molar-refractivity contribution is -0.384. The number of nitrogens with one attached hydrogen (secondary N) is 2. The van der Waals surface area contributed by atoms with Crippen LogP contribution in [0.2, 0.25) is 0 Å². The smallest absolute Gasteiger partial charge is 0.318 e. The van der Waals surface area contributed by atoms with Crippen molar-refractivity contribution in [2.75, 3.05) is 5.32 Å². The molecule has 0 aliphatic heterocycles. The molecule has 2 N–H and O–H groups in total. The summed E-state index contributed by atoms with van der Waals surface area (Å²) in [4.78, 5) is 24.6. The summed E-state index contributed by atoms with van der Waals surface area (Å²) in [5.41, 5.74) is 8.20. The average molecular weight is 578 g/mol. The van der Waals surface area contributed by atoms with E-state index in [1.54, 1.807) is 18.3 Å². The van der Waals surface area contributed by atoms with Gasteiger partial charge >= 0.3 is 6.03 Å². The fourth-order valence-corrected chi connectivity index (χ4v) is 4.86. The van der Waals surface area contributed by atoms with E-state index in [-0.39, 0.29) is 5.69 Å². The maximum atomic E-state index is 12.2. The number of aryl methyl sites for hydroxylation is 2. The molecule has 1 heterocycles. The van der Waals surface area contributed by atoms with Crippen LogP contribution in [-0.2, 0) is 0 Å². The van der Waals surface area contributed by atoms with Crippen molar-refractivity contribution in [1.29, 1.82) is 0 Å². The van der Waals surface area contributed by atoms with Gasteiger partial charge in [-0.25, -0.2) is 10.2 Å². The number of halogens is 1. The molecule has 0 radical (unpaired) electrons. The predicted molar refractivity (Wildman–Crippen MR) is 151 cm³/mol. The van der Waals surface area contributed by atoms with Crippen LogP contribution in [-0.4, -0.2) is 21.7 Å². The Bertz CT molecular complexity index is 1480. The number of hydrogen-bond acceptors (Lipinski definition) is 5. The van der Waals surface area contributed by atoms with E-state index in [2.05, 4.69) is 36.3 Å². The number of hydrazone groups is 1. The molecule has 37 heavy (non-hydrogen) atoms. The fourth-order valence-electron chi connectivity index (χ4n) is 3.79. The van der Waals surface area contributed by atoms with Crippen LogP contribution < -0.4 is 10.7 Å². The molecule has 0 atom stereocenters. The second-order valence-electron chi connectivity index (χ2n) is 8.30. The van der Waals surface area contributed by atoms with Gasteiger partial charge in [0, 0.05) is 54.7 Å². The number of rotatable bonds is 7. The molecule has 0 aliphatic carbocycles. The molecule has 1 aromatic heterocycles. The van der Waals surface area contributed by atoms with E-state index in [9.17, 15) is 14.9 Å². The maximum Gasteiger partial charge on any atom is 0.339 e. The van der Waals surface area contributed by atoms with Crippen molar-refractivity contribution >= 4 is 51.3 Å². The van der Waals surface area contributed by atoms with E-state index in [0.29, 0.717) is 5.69 Å². The summed E-state index contributed by atoms with van der Waals surface area (Å²) in [6, 6.07) is 21.7. The summed E-state index contributed by atoms with van der Waals surface area (Å²) in [6.45, 7) is 5.96. The van der Waals surface area contributed by atoms with Crippen LogP contribution in [0.1, 0.15) is 22.5 Å². The second kappa shape index (κ2) is 11.4. The summed E-state index contributed by atoms with van der Waals surface area (Å²) in [6.07, 6.45) is 1.63. The molecule has 0 spiro atoms. The van der Waals surface area contributed by atoms with Crippen LogP contribution in [0.25, 0.3) is 5.69 Å². The van der Waals surface area contributed by atoms with Crippen LogP contribution >= 0.6 is 27.7 Å². The number of benzene rings is 3. The lowest BCUT2D eigenvalue weighted by Gasteiger charge is -2.10. The van der Waals surface area contributed by atoms with E-state index >= 15 is 0 Å². The van der Waals surface area contributed by atoms with Gasteiger partial charge in [-0.3, -0.25) is 10.1 Å². The Hall–Kier alpha value is -3.89. The second-order valence-corrected chi connectivity index (χ2v) is 10.3. The van der Waals surface area contributed by atoms with E-state index in [1.807, 2.05) is 69.3 Å². The monoisotopic (exact) mass is 577 g/mol. The Balaban J connectivity index is 1.41. The highest BCUT2D eigenvalue weighted by Crippen LogP contribution is 2.30. The highest BCUT2D eigenvalue weighted by Gasteiger charge is 2.11. The third kappa shape index (κ3) is 6.46. The molecule has 0 aliphatic rings. The number of aromatic nitrogens is 1. The maximum absolute atomic E-state index is 12.2. The number of non-ortho nitro benzene ring substituents is 1. The van der Waals surface area contributed by atoms with Gasteiger partial charge in [0.1, 0.15) is 0 Å². The topological polar surface area (TPSA) is 102 Å². The Morgan fingerprint density at radius 1 is 1.00 bits per heavy atom. The largest absolute Gasteiger partial charge is 0.339 e.